The Morgan fingerprint density at radius 2 is 1.94 bits per heavy atom. The van der Waals surface area contributed by atoms with Crippen molar-refractivity contribution in [2.24, 2.45) is 5.92 Å². The molecule has 2 rings (SSSR count). The molecule has 1 aromatic carbocycles. The molecule has 0 unspecified atom stereocenters. The van der Waals surface area contributed by atoms with Gasteiger partial charge in [0.1, 0.15) is 5.82 Å². The maximum Gasteiger partial charge on any atom is 0.146 e. The molecule has 2 heteroatoms. The quantitative estimate of drug-likeness (QED) is 0.769. The van der Waals surface area contributed by atoms with Crippen molar-refractivity contribution in [3.63, 3.8) is 0 Å². The van der Waals surface area contributed by atoms with E-state index in [0.29, 0.717) is 0 Å². The van der Waals surface area contributed by atoms with Gasteiger partial charge >= 0.3 is 0 Å². The normalized spacial score (nSPS) is 17.6. The molecule has 1 fully saturated rings. The van der Waals surface area contributed by atoms with Crippen molar-refractivity contribution in [1.29, 1.82) is 0 Å². The van der Waals surface area contributed by atoms with Crippen LogP contribution in [0.1, 0.15) is 44.1 Å². The number of halogens is 1. The number of nitrogens with two attached hydrogens (primary N) is 1. The molecule has 0 heterocycles. The maximum atomic E-state index is 13.2. The van der Waals surface area contributed by atoms with Crippen molar-refractivity contribution < 1.29 is 4.39 Å². The molecule has 1 aromatic rings. The summed E-state index contributed by atoms with van der Waals surface area (Å²) in [5, 5.41) is 0. The SMILES string of the molecule is Nc1ccc(CCC2CCCCC2)cc1F. The average molecular weight is 221 g/mol. The standard InChI is InChI=1S/C14H20FN/c15-13-10-12(8-9-14(13)16)7-6-11-4-2-1-3-5-11/h8-11H,1-7,16H2. The molecule has 0 spiro atoms. The summed E-state index contributed by atoms with van der Waals surface area (Å²) in [6, 6.07) is 5.20. The summed E-state index contributed by atoms with van der Waals surface area (Å²) in [5.41, 5.74) is 6.78. The van der Waals surface area contributed by atoms with Crippen molar-refractivity contribution in [1.82, 2.24) is 0 Å². The number of hydrogen-bond acceptors (Lipinski definition) is 1. The predicted octanol–water partition coefficient (Wildman–Crippen LogP) is 3.92. The molecule has 1 aliphatic rings. The van der Waals surface area contributed by atoms with Gasteiger partial charge in [-0.05, 0) is 36.5 Å². The van der Waals surface area contributed by atoms with Gasteiger partial charge in [0.25, 0.3) is 0 Å². The molecule has 16 heavy (non-hydrogen) atoms. The van der Waals surface area contributed by atoms with Crippen LogP contribution in [-0.4, -0.2) is 0 Å². The van der Waals surface area contributed by atoms with E-state index < -0.39 is 0 Å². The van der Waals surface area contributed by atoms with Crippen LogP contribution in [-0.2, 0) is 6.42 Å². The highest BCUT2D eigenvalue weighted by molar-refractivity contribution is 5.41. The van der Waals surface area contributed by atoms with E-state index in [9.17, 15) is 4.39 Å². The van der Waals surface area contributed by atoms with Crippen LogP contribution in [0.2, 0.25) is 0 Å². The van der Waals surface area contributed by atoms with Gasteiger partial charge in [-0.3, -0.25) is 0 Å². The minimum Gasteiger partial charge on any atom is -0.396 e. The lowest BCUT2D eigenvalue weighted by Crippen LogP contribution is -2.07. The molecular formula is C14H20FN. The van der Waals surface area contributed by atoms with Gasteiger partial charge in [0.05, 0.1) is 5.69 Å². The molecule has 1 aliphatic carbocycles. The van der Waals surface area contributed by atoms with Crippen LogP contribution >= 0.6 is 0 Å². The minimum atomic E-state index is -0.277. The smallest absolute Gasteiger partial charge is 0.146 e. The van der Waals surface area contributed by atoms with Crippen LogP contribution in [0.15, 0.2) is 18.2 Å². The molecule has 1 nitrogen and oxygen atoms in total. The fourth-order valence-electron chi connectivity index (χ4n) is 2.57. The third-order valence-corrected chi connectivity index (χ3v) is 3.63. The van der Waals surface area contributed by atoms with Gasteiger partial charge < -0.3 is 5.73 Å². The van der Waals surface area contributed by atoms with Crippen LogP contribution < -0.4 is 5.73 Å². The second kappa shape index (κ2) is 5.33. The lowest BCUT2D eigenvalue weighted by atomic mass is 9.85. The lowest BCUT2D eigenvalue weighted by Gasteiger charge is -2.21. The zero-order valence-electron chi connectivity index (χ0n) is 9.71. The van der Waals surface area contributed by atoms with Crippen molar-refractivity contribution in [3.8, 4) is 0 Å². The first-order valence-corrected chi connectivity index (χ1v) is 6.29. The van der Waals surface area contributed by atoms with E-state index >= 15 is 0 Å². The summed E-state index contributed by atoms with van der Waals surface area (Å²) in [5.74, 6) is 0.579. The first-order valence-electron chi connectivity index (χ1n) is 6.29. The van der Waals surface area contributed by atoms with Gasteiger partial charge in [-0.15, -0.1) is 0 Å². The fraction of sp³-hybridized carbons (Fsp3) is 0.571. The average Bonchev–Trinajstić information content (AvgIpc) is 2.32. The molecule has 0 aromatic heterocycles. The van der Waals surface area contributed by atoms with Crippen molar-refractivity contribution in [2.45, 2.75) is 44.9 Å². The molecule has 0 saturated heterocycles. The van der Waals surface area contributed by atoms with Crippen LogP contribution in [0.4, 0.5) is 10.1 Å². The van der Waals surface area contributed by atoms with Gasteiger partial charge in [0.2, 0.25) is 0 Å². The van der Waals surface area contributed by atoms with Crippen molar-refractivity contribution in [3.05, 3.63) is 29.6 Å². The summed E-state index contributed by atoms with van der Waals surface area (Å²) < 4.78 is 13.2. The topological polar surface area (TPSA) is 26.0 Å². The zero-order valence-corrected chi connectivity index (χ0v) is 9.71. The predicted molar refractivity (Wildman–Crippen MR) is 65.7 cm³/mol. The summed E-state index contributed by atoms with van der Waals surface area (Å²) in [7, 11) is 0. The molecule has 88 valence electrons. The second-order valence-corrected chi connectivity index (χ2v) is 4.90. The number of benzene rings is 1. The zero-order chi connectivity index (χ0) is 11.4. The Bertz CT molecular complexity index is 343. The van der Waals surface area contributed by atoms with E-state index in [4.69, 9.17) is 5.73 Å². The monoisotopic (exact) mass is 221 g/mol. The molecular weight excluding hydrogens is 201 g/mol. The summed E-state index contributed by atoms with van der Waals surface area (Å²) in [6.45, 7) is 0. The summed E-state index contributed by atoms with van der Waals surface area (Å²) >= 11 is 0. The van der Waals surface area contributed by atoms with Crippen molar-refractivity contribution in [2.75, 3.05) is 5.73 Å². The molecule has 0 amide bonds. The van der Waals surface area contributed by atoms with Crippen molar-refractivity contribution >= 4 is 5.69 Å². The van der Waals surface area contributed by atoms with E-state index in [-0.39, 0.29) is 11.5 Å². The molecule has 2 N–H and O–H groups in total. The Morgan fingerprint density at radius 1 is 1.19 bits per heavy atom. The summed E-state index contributed by atoms with van der Waals surface area (Å²) in [4.78, 5) is 0. The van der Waals surface area contributed by atoms with E-state index in [0.717, 1.165) is 17.9 Å². The highest BCUT2D eigenvalue weighted by Crippen LogP contribution is 2.27. The number of hydrogen-bond donors (Lipinski definition) is 1. The fourth-order valence-corrected chi connectivity index (χ4v) is 2.57. The Kier molecular flexibility index (Phi) is 3.81. The Hall–Kier alpha value is -1.05. The van der Waals surface area contributed by atoms with Gasteiger partial charge in [0.15, 0.2) is 0 Å². The minimum absolute atomic E-state index is 0.251. The van der Waals surface area contributed by atoms with Crippen LogP contribution in [0, 0.1) is 11.7 Å². The number of nitrogen functional groups attached to an aromatic ring is 1. The van der Waals surface area contributed by atoms with Gasteiger partial charge in [-0.25, -0.2) is 4.39 Å². The number of rotatable bonds is 3. The van der Waals surface area contributed by atoms with Gasteiger partial charge in [-0.1, -0.05) is 38.2 Å². The van der Waals surface area contributed by atoms with E-state index in [1.165, 1.54) is 38.5 Å². The van der Waals surface area contributed by atoms with Gasteiger partial charge in [-0.2, -0.15) is 0 Å². The summed E-state index contributed by atoms with van der Waals surface area (Å²) in [6.07, 6.45) is 9.05. The van der Waals surface area contributed by atoms with Gasteiger partial charge in [0, 0.05) is 0 Å². The highest BCUT2D eigenvalue weighted by Gasteiger charge is 2.13. The number of anilines is 1. The van der Waals surface area contributed by atoms with E-state index in [1.807, 2.05) is 6.07 Å². The number of aryl methyl sites for hydroxylation is 1. The van der Waals surface area contributed by atoms with E-state index in [1.54, 1.807) is 12.1 Å². The Morgan fingerprint density at radius 3 is 2.62 bits per heavy atom. The highest BCUT2D eigenvalue weighted by atomic mass is 19.1. The molecule has 0 atom stereocenters. The van der Waals surface area contributed by atoms with Crippen LogP contribution in [0.5, 0.6) is 0 Å². The Balaban J connectivity index is 1.86. The second-order valence-electron chi connectivity index (χ2n) is 4.90. The maximum absolute atomic E-state index is 13.2. The third-order valence-electron chi connectivity index (χ3n) is 3.63. The molecule has 0 bridgehead atoms. The molecule has 0 radical (unpaired) electrons. The largest absolute Gasteiger partial charge is 0.396 e. The van der Waals surface area contributed by atoms with Crippen LogP contribution in [0.3, 0.4) is 0 Å². The molecule has 1 saturated carbocycles. The lowest BCUT2D eigenvalue weighted by molar-refractivity contribution is 0.339. The van der Waals surface area contributed by atoms with Crippen LogP contribution in [0.25, 0.3) is 0 Å². The Labute approximate surface area is 96.9 Å². The first kappa shape index (κ1) is 11.4. The first-order chi connectivity index (χ1) is 7.75. The van der Waals surface area contributed by atoms with E-state index in [2.05, 4.69) is 0 Å². The third kappa shape index (κ3) is 2.97. The molecule has 0 aliphatic heterocycles.